The third kappa shape index (κ3) is 2.51. The van der Waals surface area contributed by atoms with Crippen LogP contribution >= 0.6 is 0 Å². The summed E-state index contributed by atoms with van der Waals surface area (Å²) in [5.74, 6) is 1.66. The molecule has 0 radical (unpaired) electrons. The Kier molecular flexibility index (Phi) is 2.87. The summed E-state index contributed by atoms with van der Waals surface area (Å²) in [6, 6.07) is 2.39. The van der Waals surface area contributed by atoms with Crippen LogP contribution in [0.4, 0.5) is 5.82 Å². The molecule has 1 N–H and O–H groups in total. The minimum Gasteiger partial charge on any atom is -0.311 e. The molecule has 0 bridgehead atoms. The van der Waals surface area contributed by atoms with E-state index in [0.717, 1.165) is 5.82 Å². The van der Waals surface area contributed by atoms with Gasteiger partial charge in [0.25, 0.3) is 0 Å². The first-order valence-corrected chi connectivity index (χ1v) is 6.66. The van der Waals surface area contributed by atoms with Crippen LogP contribution < -0.4 is 5.32 Å². The van der Waals surface area contributed by atoms with Crippen LogP contribution in [0.1, 0.15) is 51.0 Å². The molecule has 17 heavy (non-hydrogen) atoms. The van der Waals surface area contributed by atoms with Gasteiger partial charge in [0.1, 0.15) is 5.82 Å². The predicted octanol–water partition coefficient (Wildman–Crippen LogP) is 2.74. The van der Waals surface area contributed by atoms with Gasteiger partial charge in [0.15, 0.2) is 0 Å². The molecule has 2 aliphatic carbocycles. The Morgan fingerprint density at radius 1 is 1.35 bits per heavy atom. The number of amides is 1. The van der Waals surface area contributed by atoms with E-state index in [1.807, 2.05) is 10.7 Å². The lowest BCUT2D eigenvalue weighted by Gasteiger charge is -2.14. The molecule has 2 fully saturated rings. The van der Waals surface area contributed by atoms with Crippen LogP contribution in [0.3, 0.4) is 0 Å². The van der Waals surface area contributed by atoms with Crippen molar-refractivity contribution in [3.05, 3.63) is 12.3 Å². The van der Waals surface area contributed by atoms with Gasteiger partial charge in [-0.25, -0.2) is 4.68 Å². The van der Waals surface area contributed by atoms with Crippen molar-refractivity contribution in [1.29, 1.82) is 0 Å². The lowest BCUT2D eigenvalue weighted by atomic mass is 10.2. The zero-order chi connectivity index (χ0) is 11.7. The molecule has 1 amide bonds. The number of hydrogen-bond donors (Lipinski definition) is 1. The van der Waals surface area contributed by atoms with E-state index >= 15 is 0 Å². The van der Waals surface area contributed by atoms with Gasteiger partial charge in [-0.3, -0.25) is 4.79 Å². The molecular weight excluding hydrogens is 214 g/mol. The number of carbonyl (C=O) groups is 1. The van der Waals surface area contributed by atoms with Crippen molar-refractivity contribution in [3.8, 4) is 0 Å². The molecule has 4 heteroatoms. The zero-order valence-electron chi connectivity index (χ0n) is 10.1. The second-order valence-electron chi connectivity index (χ2n) is 5.29. The molecule has 1 aromatic heterocycles. The quantitative estimate of drug-likeness (QED) is 0.869. The van der Waals surface area contributed by atoms with Gasteiger partial charge in [0.05, 0.1) is 12.2 Å². The summed E-state index contributed by atoms with van der Waals surface area (Å²) in [6.07, 6.45) is 9.83. The molecular formula is C13H19N3O. The van der Waals surface area contributed by atoms with Gasteiger partial charge in [-0.05, 0) is 31.6 Å². The van der Waals surface area contributed by atoms with Crippen molar-refractivity contribution in [2.75, 3.05) is 5.32 Å². The van der Waals surface area contributed by atoms with Gasteiger partial charge in [-0.15, -0.1) is 0 Å². The lowest BCUT2D eigenvalue weighted by molar-refractivity contribution is -0.116. The van der Waals surface area contributed by atoms with Crippen LogP contribution in [-0.4, -0.2) is 15.7 Å². The van der Waals surface area contributed by atoms with Gasteiger partial charge in [-0.2, -0.15) is 5.10 Å². The Bertz CT molecular complexity index is 403. The van der Waals surface area contributed by atoms with Gasteiger partial charge in [0, 0.05) is 12.5 Å². The largest absolute Gasteiger partial charge is 0.311 e. The fourth-order valence-corrected chi connectivity index (χ4v) is 2.63. The van der Waals surface area contributed by atoms with Crippen LogP contribution in [-0.2, 0) is 4.79 Å². The van der Waals surface area contributed by atoms with Crippen LogP contribution in [0.5, 0.6) is 0 Å². The summed E-state index contributed by atoms with van der Waals surface area (Å²) in [5, 5.41) is 7.35. The van der Waals surface area contributed by atoms with E-state index in [1.165, 1.54) is 38.5 Å². The maximum Gasteiger partial charge on any atom is 0.225 e. The number of anilines is 1. The van der Waals surface area contributed by atoms with Crippen LogP contribution in [0.25, 0.3) is 0 Å². The standard InChI is InChI=1S/C13H19N3O/c17-13(9-10-5-6-10)15-12-7-8-14-16(12)11-3-1-2-4-11/h7-8,10-11H,1-6,9H2,(H,15,17). The maximum atomic E-state index is 11.8. The van der Waals surface area contributed by atoms with E-state index in [2.05, 4.69) is 10.4 Å². The first-order chi connectivity index (χ1) is 8.33. The highest BCUT2D eigenvalue weighted by Gasteiger charge is 2.25. The molecule has 0 aromatic carbocycles. The summed E-state index contributed by atoms with van der Waals surface area (Å²) < 4.78 is 2.00. The van der Waals surface area contributed by atoms with Gasteiger partial charge in [0.2, 0.25) is 5.91 Å². The number of nitrogens with one attached hydrogen (secondary N) is 1. The Hall–Kier alpha value is -1.32. The first kappa shape index (κ1) is 10.8. The van der Waals surface area contributed by atoms with Gasteiger partial charge < -0.3 is 5.32 Å². The highest BCUT2D eigenvalue weighted by Crippen LogP contribution is 2.33. The number of aromatic nitrogens is 2. The smallest absolute Gasteiger partial charge is 0.225 e. The lowest BCUT2D eigenvalue weighted by Crippen LogP contribution is -2.17. The minimum atomic E-state index is 0.146. The van der Waals surface area contributed by atoms with Crippen molar-refractivity contribution >= 4 is 11.7 Å². The summed E-state index contributed by atoms with van der Waals surface area (Å²) >= 11 is 0. The highest BCUT2D eigenvalue weighted by atomic mass is 16.1. The predicted molar refractivity (Wildman–Crippen MR) is 65.7 cm³/mol. The molecule has 3 rings (SSSR count). The molecule has 2 aliphatic rings. The number of hydrogen-bond acceptors (Lipinski definition) is 2. The highest BCUT2D eigenvalue weighted by molar-refractivity contribution is 5.90. The van der Waals surface area contributed by atoms with E-state index in [-0.39, 0.29) is 5.91 Å². The van der Waals surface area contributed by atoms with Crippen molar-refractivity contribution in [2.24, 2.45) is 5.92 Å². The Morgan fingerprint density at radius 2 is 2.12 bits per heavy atom. The van der Waals surface area contributed by atoms with Crippen LogP contribution in [0.2, 0.25) is 0 Å². The van der Waals surface area contributed by atoms with E-state index in [0.29, 0.717) is 18.4 Å². The van der Waals surface area contributed by atoms with Crippen molar-refractivity contribution in [1.82, 2.24) is 9.78 Å². The Morgan fingerprint density at radius 3 is 2.82 bits per heavy atom. The molecule has 0 spiro atoms. The van der Waals surface area contributed by atoms with Gasteiger partial charge >= 0.3 is 0 Å². The molecule has 2 saturated carbocycles. The Labute approximate surface area is 101 Å². The minimum absolute atomic E-state index is 0.146. The monoisotopic (exact) mass is 233 g/mol. The Balaban J connectivity index is 1.65. The van der Waals surface area contributed by atoms with E-state index in [4.69, 9.17) is 0 Å². The molecule has 0 unspecified atom stereocenters. The fraction of sp³-hybridized carbons (Fsp3) is 0.692. The molecule has 0 saturated heterocycles. The van der Waals surface area contributed by atoms with Gasteiger partial charge in [-0.1, -0.05) is 12.8 Å². The third-order valence-electron chi connectivity index (χ3n) is 3.78. The number of rotatable bonds is 4. The van der Waals surface area contributed by atoms with Crippen LogP contribution in [0, 0.1) is 5.92 Å². The zero-order valence-corrected chi connectivity index (χ0v) is 10.1. The number of nitrogens with zero attached hydrogens (tertiary/aromatic N) is 2. The van der Waals surface area contributed by atoms with E-state index < -0.39 is 0 Å². The molecule has 1 aromatic rings. The summed E-state index contributed by atoms with van der Waals surface area (Å²) in [7, 11) is 0. The van der Waals surface area contributed by atoms with Crippen molar-refractivity contribution < 1.29 is 4.79 Å². The normalized spacial score (nSPS) is 20.7. The third-order valence-corrected chi connectivity index (χ3v) is 3.78. The molecule has 92 valence electrons. The molecule has 1 heterocycles. The van der Waals surface area contributed by atoms with E-state index in [1.54, 1.807) is 6.20 Å². The second kappa shape index (κ2) is 4.51. The maximum absolute atomic E-state index is 11.8. The molecule has 4 nitrogen and oxygen atoms in total. The fourth-order valence-electron chi connectivity index (χ4n) is 2.63. The average Bonchev–Trinajstić information content (AvgIpc) is 2.83. The van der Waals surface area contributed by atoms with Crippen molar-refractivity contribution in [2.45, 2.75) is 51.0 Å². The SMILES string of the molecule is O=C(CC1CC1)Nc1ccnn1C1CCCC1. The average molecular weight is 233 g/mol. The first-order valence-electron chi connectivity index (χ1n) is 6.66. The van der Waals surface area contributed by atoms with E-state index in [9.17, 15) is 4.79 Å². The summed E-state index contributed by atoms with van der Waals surface area (Å²) in [4.78, 5) is 11.8. The molecule has 0 aliphatic heterocycles. The second-order valence-corrected chi connectivity index (χ2v) is 5.29. The number of carbonyl (C=O) groups excluding carboxylic acids is 1. The summed E-state index contributed by atoms with van der Waals surface area (Å²) in [6.45, 7) is 0. The topological polar surface area (TPSA) is 46.9 Å². The van der Waals surface area contributed by atoms with Crippen LogP contribution in [0.15, 0.2) is 12.3 Å². The summed E-state index contributed by atoms with van der Waals surface area (Å²) in [5.41, 5.74) is 0. The molecule has 0 atom stereocenters. The van der Waals surface area contributed by atoms with Crippen molar-refractivity contribution in [3.63, 3.8) is 0 Å².